The number of aromatic nitrogens is 3. The fraction of sp³-hybridized carbons (Fsp3) is 0.462. The fourth-order valence-electron chi connectivity index (χ4n) is 1.85. The largest absolute Gasteiger partial charge is 0.421 e. The molecule has 1 aliphatic carbocycles. The maximum absolute atomic E-state index is 6.04. The van der Waals surface area contributed by atoms with Gasteiger partial charge in [0.2, 0.25) is 11.8 Å². The molecule has 100 valence electrons. The van der Waals surface area contributed by atoms with E-state index >= 15 is 0 Å². The van der Waals surface area contributed by atoms with Gasteiger partial charge in [-0.25, -0.2) is 0 Å². The van der Waals surface area contributed by atoms with E-state index in [0.717, 1.165) is 31.0 Å². The summed E-state index contributed by atoms with van der Waals surface area (Å²) in [4.78, 5) is 3.93. The minimum absolute atomic E-state index is 0.456. The van der Waals surface area contributed by atoms with E-state index in [4.69, 9.17) is 16.0 Å². The zero-order chi connectivity index (χ0) is 13.1. The molecule has 0 saturated heterocycles. The van der Waals surface area contributed by atoms with Crippen LogP contribution in [-0.4, -0.2) is 27.8 Å². The topological polar surface area (TPSA) is 63.8 Å². The molecule has 0 amide bonds. The van der Waals surface area contributed by atoms with Gasteiger partial charge in [0.1, 0.15) is 0 Å². The summed E-state index contributed by atoms with van der Waals surface area (Å²) in [6, 6.07) is 2.52. The second-order valence-electron chi connectivity index (χ2n) is 4.69. The molecule has 19 heavy (non-hydrogen) atoms. The highest BCUT2D eigenvalue weighted by Crippen LogP contribution is 2.25. The third-order valence-electron chi connectivity index (χ3n) is 3.05. The molecule has 5 nitrogen and oxygen atoms in total. The minimum Gasteiger partial charge on any atom is -0.421 e. The molecular weight excluding hydrogens is 264 g/mol. The zero-order valence-electron chi connectivity index (χ0n) is 10.5. The van der Waals surface area contributed by atoms with Crippen LogP contribution >= 0.6 is 11.6 Å². The number of halogens is 1. The van der Waals surface area contributed by atoms with Crippen molar-refractivity contribution in [2.75, 3.05) is 6.54 Å². The van der Waals surface area contributed by atoms with Crippen molar-refractivity contribution in [2.24, 2.45) is 0 Å². The van der Waals surface area contributed by atoms with Gasteiger partial charge in [0.05, 0.1) is 10.6 Å². The Morgan fingerprint density at radius 1 is 1.37 bits per heavy atom. The van der Waals surface area contributed by atoms with Gasteiger partial charge in [0.25, 0.3) is 0 Å². The first-order valence-electron chi connectivity index (χ1n) is 6.48. The lowest BCUT2D eigenvalue weighted by atomic mass is 10.3. The van der Waals surface area contributed by atoms with Crippen LogP contribution in [-0.2, 0) is 6.42 Å². The highest BCUT2D eigenvalue weighted by molar-refractivity contribution is 6.32. The van der Waals surface area contributed by atoms with Crippen LogP contribution in [0.4, 0.5) is 0 Å². The molecule has 6 heteroatoms. The van der Waals surface area contributed by atoms with Gasteiger partial charge in [-0.05, 0) is 31.9 Å². The molecule has 2 aromatic rings. The van der Waals surface area contributed by atoms with Crippen molar-refractivity contribution in [3.05, 3.63) is 29.4 Å². The van der Waals surface area contributed by atoms with E-state index in [1.807, 2.05) is 0 Å². The quantitative estimate of drug-likeness (QED) is 0.823. The number of nitrogens with zero attached hydrogens (tertiary/aromatic N) is 3. The van der Waals surface area contributed by atoms with Crippen molar-refractivity contribution >= 4 is 11.6 Å². The maximum atomic E-state index is 6.04. The second kappa shape index (κ2) is 5.67. The molecule has 1 fully saturated rings. The Balaban J connectivity index is 1.57. The van der Waals surface area contributed by atoms with Crippen molar-refractivity contribution < 1.29 is 4.42 Å². The first-order chi connectivity index (χ1) is 9.33. The molecule has 1 aliphatic rings. The summed E-state index contributed by atoms with van der Waals surface area (Å²) >= 11 is 6.04. The fourth-order valence-corrected chi connectivity index (χ4v) is 2.05. The van der Waals surface area contributed by atoms with E-state index in [1.165, 1.54) is 12.8 Å². The normalized spacial score (nSPS) is 14.8. The van der Waals surface area contributed by atoms with Crippen molar-refractivity contribution in [1.29, 1.82) is 0 Å². The van der Waals surface area contributed by atoms with Crippen LogP contribution in [0.15, 0.2) is 22.9 Å². The van der Waals surface area contributed by atoms with Gasteiger partial charge in [-0.3, -0.25) is 4.98 Å². The standard InChI is InChI=1S/C13H15ClN4O/c14-11-8-15-7-5-10(11)13-18-17-12(19-13)2-1-6-16-9-3-4-9/h5,7-9,16H,1-4,6H2. The van der Waals surface area contributed by atoms with Crippen LogP contribution in [0.2, 0.25) is 5.02 Å². The predicted octanol–water partition coefficient (Wildman–Crippen LogP) is 2.47. The maximum Gasteiger partial charge on any atom is 0.249 e. The van der Waals surface area contributed by atoms with Gasteiger partial charge >= 0.3 is 0 Å². The summed E-state index contributed by atoms with van der Waals surface area (Å²) in [6.07, 6.45) is 7.64. The number of nitrogens with one attached hydrogen (secondary N) is 1. The van der Waals surface area contributed by atoms with Gasteiger partial charge in [-0.1, -0.05) is 11.6 Å². The van der Waals surface area contributed by atoms with Crippen molar-refractivity contribution in [3.63, 3.8) is 0 Å². The minimum atomic E-state index is 0.456. The average molecular weight is 279 g/mol. The number of hydrogen-bond acceptors (Lipinski definition) is 5. The Labute approximate surface area is 116 Å². The van der Waals surface area contributed by atoms with Gasteiger partial charge in [-0.2, -0.15) is 0 Å². The highest BCUT2D eigenvalue weighted by Gasteiger charge is 2.19. The molecule has 0 aromatic carbocycles. The van der Waals surface area contributed by atoms with E-state index < -0.39 is 0 Å². The molecule has 2 heterocycles. The summed E-state index contributed by atoms with van der Waals surface area (Å²) in [5, 5.41) is 12.0. The van der Waals surface area contributed by atoms with Crippen LogP contribution in [0, 0.1) is 0 Å². The molecule has 0 atom stereocenters. The number of hydrogen-bond donors (Lipinski definition) is 1. The molecular formula is C13H15ClN4O. The molecule has 0 aliphatic heterocycles. The van der Waals surface area contributed by atoms with Crippen molar-refractivity contribution in [3.8, 4) is 11.5 Å². The summed E-state index contributed by atoms with van der Waals surface area (Å²) in [6.45, 7) is 0.998. The molecule has 3 rings (SSSR count). The summed E-state index contributed by atoms with van der Waals surface area (Å²) < 4.78 is 5.61. The van der Waals surface area contributed by atoms with E-state index in [0.29, 0.717) is 16.8 Å². The van der Waals surface area contributed by atoms with E-state index in [1.54, 1.807) is 18.5 Å². The van der Waals surface area contributed by atoms with E-state index in [2.05, 4.69) is 20.5 Å². The van der Waals surface area contributed by atoms with Crippen LogP contribution < -0.4 is 5.32 Å². The Hall–Kier alpha value is -1.46. The molecule has 2 aromatic heterocycles. The third-order valence-corrected chi connectivity index (χ3v) is 3.35. The summed E-state index contributed by atoms with van der Waals surface area (Å²) in [7, 11) is 0. The van der Waals surface area contributed by atoms with Gasteiger partial charge in [-0.15, -0.1) is 10.2 Å². The van der Waals surface area contributed by atoms with E-state index in [9.17, 15) is 0 Å². The Morgan fingerprint density at radius 3 is 3.05 bits per heavy atom. The second-order valence-corrected chi connectivity index (χ2v) is 5.10. The number of rotatable bonds is 6. The number of pyridine rings is 1. The summed E-state index contributed by atoms with van der Waals surface area (Å²) in [5.74, 6) is 1.11. The lowest BCUT2D eigenvalue weighted by molar-refractivity contribution is 0.491. The molecule has 1 saturated carbocycles. The predicted molar refractivity (Wildman–Crippen MR) is 71.9 cm³/mol. The molecule has 0 spiro atoms. The molecule has 1 N–H and O–H groups in total. The van der Waals surface area contributed by atoms with Gasteiger partial charge in [0.15, 0.2) is 0 Å². The molecule has 0 radical (unpaired) electrons. The summed E-state index contributed by atoms with van der Waals surface area (Å²) in [5.41, 5.74) is 0.728. The first-order valence-corrected chi connectivity index (χ1v) is 6.86. The zero-order valence-corrected chi connectivity index (χ0v) is 11.2. The van der Waals surface area contributed by atoms with Gasteiger partial charge < -0.3 is 9.73 Å². The van der Waals surface area contributed by atoms with Crippen molar-refractivity contribution in [2.45, 2.75) is 31.7 Å². The lowest BCUT2D eigenvalue weighted by Gasteiger charge is -1.99. The molecule has 0 bridgehead atoms. The Bertz CT molecular complexity index is 553. The third kappa shape index (κ3) is 3.30. The SMILES string of the molecule is Clc1cnccc1-c1nnc(CCCNC2CC2)o1. The van der Waals surface area contributed by atoms with Crippen LogP contribution in [0.3, 0.4) is 0 Å². The Morgan fingerprint density at radius 2 is 2.26 bits per heavy atom. The first kappa shape index (κ1) is 12.6. The average Bonchev–Trinajstić information content (AvgIpc) is 3.13. The monoisotopic (exact) mass is 278 g/mol. The van der Waals surface area contributed by atoms with E-state index in [-0.39, 0.29) is 0 Å². The van der Waals surface area contributed by atoms with Crippen LogP contribution in [0.25, 0.3) is 11.5 Å². The van der Waals surface area contributed by atoms with Crippen LogP contribution in [0.5, 0.6) is 0 Å². The highest BCUT2D eigenvalue weighted by atomic mass is 35.5. The smallest absolute Gasteiger partial charge is 0.249 e. The van der Waals surface area contributed by atoms with Gasteiger partial charge in [0, 0.05) is 24.9 Å². The number of aryl methyl sites for hydroxylation is 1. The lowest BCUT2D eigenvalue weighted by Crippen LogP contribution is -2.17. The van der Waals surface area contributed by atoms with Crippen molar-refractivity contribution in [1.82, 2.24) is 20.5 Å². The molecule has 0 unspecified atom stereocenters. The Kier molecular flexibility index (Phi) is 3.75. The van der Waals surface area contributed by atoms with Crippen LogP contribution in [0.1, 0.15) is 25.2 Å².